The molecule has 0 aliphatic carbocycles. The first-order chi connectivity index (χ1) is 17.3. The van der Waals surface area contributed by atoms with Crippen LogP contribution >= 0.6 is 0 Å². The van der Waals surface area contributed by atoms with Gasteiger partial charge in [0.05, 0.1) is 24.8 Å². The highest BCUT2D eigenvalue weighted by atomic mass is 19.1. The van der Waals surface area contributed by atoms with Gasteiger partial charge in [0.25, 0.3) is 0 Å². The fourth-order valence-electron chi connectivity index (χ4n) is 4.04. The average Bonchev–Trinajstić information content (AvgIpc) is 3.24. The van der Waals surface area contributed by atoms with E-state index >= 15 is 4.39 Å². The molecule has 1 fully saturated rings. The summed E-state index contributed by atoms with van der Waals surface area (Å²) in [7, 11) is 0. The zero-order valence-electron chi connectivity index (χ0n) is 19.7. The third-order valence-corrected chi connectivity index (χ3v) is 5.91. The molecule has 2 heterocycles. The Bertz CT molecular complexity index is 1210. The van der Waals surface area contributed by atoms with Crippen LogP contribution < -0.4 is 21.3 Å². The number of hydrogen-bond acceptors (Lipinski definition) is 7. The fraction of sp³-hybridized carbons (Fsp3) is 0.269. The summed E-state index contributed by atoms with van der Waals surface area (Å²) in [6.45, 7) is 2.28. The molecular formula is C26H28FN5O4. The highest BCUT2D eigenvalue weighted by molar-refractivity contribution is 5.90. The Morgan fingerprint density at radius 2 is 1.94 bits per heavy atom. The topological polar surface area (TPSA) is 130 Å². The Labute approximate surface area is 208 Å². The van der Waals surface area contributed by atoms with E-state index in [1.54, 1.807) is 48.8 Å². The molecule has 2 aromatic carbocycles. The van der Waals surface area contributed by atoms with Gasteiger partial charge >= 0.3 is 6.09 Å². The van der Waals surface area contributed by atoms with Crippen LogP contribution in [0.3, 0.4) is 0 Å². The summed E-state index contributed by atoms with van der Waals surface area (Å²) in [6, 6.07) is 14.8. The lowest BCUT2D eigenvalue weighted by molar-refractivity contribution is -0.119. The van der Waals surface area contributed by atoms with Crippen molar-refractivity contribution in [3.8, 4) is 11.1 Å². The maximum absolute atomic E-state index is 15.0. The van der Waals surface area contributed by atoms with Gasteiger partial charge in [0.2, 0.25) is 5.91 Å². The van der Waals surface area contributed by atoms with Crippen molar-refractivity contribution in [3.63, 3.8) is 0 Å². The van der Waals surface area contributed by atoms with E-state index in [2.05, 4.69) is 15.6 Å². The van der Waals surface area contributed by atoms with Crippen LogP contribution in [0.15, 0.2) is 67.0 Å². The lowest BCUT2D eigenvalue weighted by atomic mass is 9.99. The second-order valence-electron chi connectivity index (χ2n) is 8.54. The summed E-state index contributed by atoms with van der Waals surface area (Å²) in [5, 5.41) is 15.9. The minimum Gasteiger partial charge on any atom is -0.442 e. The molecule has 4 rings (SSSR count). The number of amides is 2. The van der Waals surface area contributed by atoms with Crippen molar-refractivity contribution in [1.29, 1.82) is 0 Å². The zero-order chi connectivity index (χ0) is 25.7. The van der Waals surface area contributed by atoms with Gasteiger partial charge in [-0.05, 0) is 47.0 Å². The smallest absolute Gasteiger partial charge is 0.414 e. The van der Waals surface area contributed by atoms with Gasteiger partial charge < -0.3 is 26.2 Å². The monoisotopic (exact) mass is 493 g/mol. The number of carbonyl (C=O) groups is 2. The van der Waals surface area contributed by atoms with Crippen LogP contribution in [0.5, 0.6) is 0 Å². The van der Waals surface area contributed by atoms with E-state index in [-0.39, 0.29) is 19.0 Å². The van der Waals surface area contributed by atoms with Crippen LogP contribution in [-0.4, -0.2) is 47.5 Å². The van der Waals surface area contributed by atoms with Crippen LogP contribution in [0, 0.1) is 5.82 Å². The maximum Gasteiger partial charge on any atom is 0.414 e. The SMILES string of the molecule is CC(=O)NC[C@H]1CN(c2ccc(-c3ccc([C@@H](NCc4ccncc4)C(N)O)cc3)c(F)c2)C(=O)O1. The number of aliphatic hydroxyl groups is 1. The Kier molecular flexibility index (Phi) is 7.89. The summed E-state index contributed by atoms with van der Waals surface area (Å²) in [5.41, 5.74) is 8.91. The van der Waals surface area contributed by atoms with E-state index in [9.17, 15) is 14.7 Å². The molecule has 9 nitrogen and oxygen atoms in total. The molecule has 1 saturated heterocycles. The molecule has 10 heteroatoms. The fourth-order valence-corrected chi connectivity index (χ4v) is 4.04. The van der Waals surface area contributed by atoms with Crippen LogP contribution in [0.2, 0.25) is 0 Å². The number of aliphatic hydroxyl groups excluding tert-OH is 1. The van der Waals surface area contributed by atoms with Crippen molar-refractivity contribution < 1.29 is 23.8 Å². The van der Waals surface area contributed by atoms with Crippen molar-refractivity contribution in [2.45, 2.75) is 31.8 Å². The highest BCUT2D eigenvalue weighted by Gasteiger charge is 2.32. The second kappa shape index (κ2) is 11.3. The van der Waals surface area contributed by atoms with Crippen molar-refractivity contribution in [2.75, 3.05) is 18.0 Å². The minimum absolute atomic E-state index is 0.195. The summed E-state index contributed by atoms with van der Waals surface area (Å²) in [6.07, 6.45) is 1.15. The summed E-state index contributed by atoms with van der Waals surface area (Å²) in [5.74, 6) is -0.715. The van der Waals surface area contributed by atoms with E-state index in [4.69, 9.17) is 10.5 Å². The molecule has 36 heavy (non-hydrogen) atoms. The van der Waals surface area contributed by atoms with Gasteiger partial charge in [-0.1, -0.05) is 24.3 Å². The number of ether oxygens (including phenoxy) is 1. The molecule has 2 amide bonds. The van der Waals surface area contributed by atoms with E-state index in [1.165, 1.54) is 17.9 Å². The molecule has 1 aliphatic rings. The highest BCUT2D eigenvalue weighted by Crippen LogP contribution is 2.30. The first kappa shape index (κ1) is 25.2. The number of pyridine rings is 1. The Morgan fingerprint density at radius 3 is 2.58 bits per heavy atom. The van der Waals surface area contributed by atoms with Gasteiger partial charge in [0.1, 0.15) is 18.1 Å². The first-order valence-corrected chi connectivity index (χ1v) is 11.5. The normalized spacial score (nSPS) is 16.9. The van der Waals surface area contributed by atoms with Gasteiger partial charge in [-0.3, -0.25) is 14.7 Å². The third kappa shape index (κ3) is 6.03. The largest absolute Gasteiger partial charge is 0.442 e. The maximum atomic E-state index is 15.0. The lowest BCUT2D eigenvalue weighted by Gasteiger charge is -2.22. The number of cyclic esters (lactones) is 1. The number of benzene rings is 2. The number of aromatic nitrogens is 1. The second-order valence-corrected chi connectivity index (χ2v) is 8.54. The van der Waals surface area contributed by atoms with Crippen LogP contribution in [0.1, 0.15) is 24.1 Å². The van der Waals surface area contributed by atoms with E-state index in [1.807, 2.05) is 12.1 Å². The minimum atomic E-state index is -1.14. The van der Waals surface area contributed by atoms with Gasteiger partial charge in [0, 0.05) is 31.4 Å². The van der Waals surface area contributed by atoms with Crippen molar-refractivity contribution in [1.82, 2.24) is 15.6 Å². The number of halogens is 1. The van der Waals surface area contributed by atoms with Gasteiger partial charge in [-0.15, -0.1) is 0 Å². The van der Waals surface area contributed by atoms with Crippen LogP contribution in [0.25, 0.3) is 11.1 Å². The Morgan fingerprint density at radius 1 is 1.22 bits per heavy atom. The van der Waals surface area contributed by atoms with E-state index in [0.29, 0.717) is 23.4 Å². The predicted molar refractivity (Wildman–Crippen MR) is 132 cm³/mol. The van der Waals surface area contributed by atoms with E-state index in [0.717, 1.165) is 11.1 Å². The number of nitrogens with one attached hydrogen (secondary N) is 2. The van der Waals surface area contributed by atoms with Gasteiger partial charge in [0.15, 0.2) is 0 Å². The lowest BCUT2D eigenvalue weighted by Crippen LogP contribution is -2.37. The summed E-state index contributed by atoms with van der Waals surface area (Å²) in [4.78, 5) is 28.6. The molecule has 1 aliphatic heterocycles. The molecular weight excluding hydrogens is 465 g/mol. The predicted octanol–water partition coefficient (Wildman–Crippen LogP) is 2.46. The quantitative estimate of drug-likeness (QED) is 0.337. The zero-order valence-corrected chi connectivity index (χ0v) is 19.7. The number of nitrogens with two attached hydrogens (primary N) is 1. The third-order valence-electron chi connectivity index (χ3n) is 5.91. The molecule has 0 radical (unpaired) electrons. The number of nitrogens with zero attached hydrogens (tertiary/aromatic N) is 2. The van der Waals surface area contributed by atoms with Gasteiger partial charge in [-0.25, -0.2) is 9.18 Å². The number of carbonyl (C=O) groups excluding carboxylic acids is 2. The molecule has 0 bridgehead atoms. The number of anilines is 1. The van der Waals surface area contributed by atoms with Crippen LogP contribution in [-0.2, 0) is 16.1 Å². The molecule has 0 spiro atoms. The molecule has 188 valence electrons. The molecule has 1 aromatic heterocycles. The van der Waals surface area contributed by atoms with Crippen molar-refractivity contribution >= 4 is 17.7 Å². The van der Waals surface area contributed by atoms with E-state index < -0.39 is 30.3 Å². The number of rotatable bonds is 9. The molecule has 1 unspecified atom stereocenters. The Hall–Kier alpha value is -3.86. The standard InChI is InChI=1S/C26H28FN5O4/c1-16(33)30-14-21-15-32(26(35)36-21)20-6-7-22(23(27)12-20)18-2-4-19(5-3-18)24(25(28)34)31-13-17-8-10-29-11-9-17/h2-12,21,24-25,31,34H,13-15,28H2,1H3,(H,30,33)/t21-,24+,25?/m0/s1. The van der Waals surface area contributed by atoms with Crippen molar-refractivity contribution in [2.24, 2.45) is 5.73 Å². The van der Waals surface area contributed by atoms with Crippen molar-refractivity contribution in [3.05, 3.63) is 83.9 Å². The average molecular weight is 494 g/mol. The number of hydrogen-bond donors (Lipinski definition) is 4. The molecule has 0 saturated carbocycles. The van der Waals surface area contributed by atoms with Crippen LogP contribution in [0.4, 0.5) is 14.9 Å². The summed E-state index contributed by atoms with van der Waals surface area (Å²) >= 11 is 0. The Balaban J connectivity index is 1.45. The summed E-state index contributed by atoms with van der Waals surface area (Å²) < 4.78 is 20.3. The molecule has 5 N–H and O–H groups in total. The molecule has 3 atom stereocenters. The first-order valence-electron chi connectivity index (χ1n) is 11.5. The molecule has 3 aromatic rings. The van der Waals surface area contributed by atoms with Gasteiger partial charge in [-0.2, -0.15) is 0 Å².